The minimum Gasteiger partial charge on any atom is -0.493 e. The van der Waals surface area contributed by atoms with Crippen molar-refractivity contribution in [3.8, 4) is 5.75 Å². The van der Waals surface area contributed by atoms with Crippen LogP contribution in [0.4, 0.5) is 0 Å². The number of hydrogen-bond donors (Lipinski definition) is 1. The van der Waals surface area contributed by atoms with Crippen LogP contribution in [-0.2, 0) is 6.54 Å². The van der Waals surface area contributed by atoms with E-state index < -0.39 is 0 Å². The number of nitrogens with zero attached hydrogens (tertiary/aromatic N) is 3. The van der Waals surface area contributed by atoms with Gasteiger partial charge >= 0.3 is 0 Å². The van der Waals surface area contributed by atoms with Gasteiger partial charge in [0, 0.05) is 23.3 Å². The molecule has 108 valence electrons. The van der Waals surface area contributed by atoms with Crippen molar-refractivity contribution in [2.75, 3.05) is 18.9 Å². The molecule has 2 N–H and O–H groups in total. The fourth-order valence-corrected chi connectivity index (χ4v) is 2.77. The molecular weight excluding hydrogens is 340 g/mol. The van der Waals surface area contributed by atoms with Gasteiger partial charge in [-0.05, 0) is 31.2 Å². The SMILES string of the molecule is Cc1nnc(SCCOc2ccc(Br)cc2)n1CCN. The van der Waals surface area contributed by atoms with Crippen molar-refractivity contribution in [2.45, 2.75) is 18.6 Å². The number of thioether (sulfide) groups is 1. The van der Waals surface area contributed by atoms with E-state index in [1.165, 1.54) is 0 Å². The van der Waals surface area contributed by atoms with Crippen molar-refractivity contribution < 1.29 is 4.74 Å². The van der Waals surface area contributed by atoms with Crippen molar-refractivity contribution in [2.24, 2.45) is 5.73 Å². The van der Waals surface area contributed by atoms with Crippen molar-refractivity contribution >= 4 is 27.7 Å². The molecular formula is C13H17BrN4OS. The van der Waals surface area contributed by atoms with Crippen LogP contribution in [-0.4, -0.2) is 33.7 Å². The summed E-state index contributed by atoms with van der Waals surface area (Å²) in [5.74, 6) is 2.58. The molecule has 0 saturated carbocycles. The van der Waals surface area contributed by atoms with E-state index in [1.807, 2.05) is 35.8 Å². The zero-order valence-corrected chi connectivity index (χ0v) is 13.7. The molecule has 0 radical (unpaired) electrons. The average molecular weight is 357 g/mol. The molecule has 0 atom stereocenters. The molecule has 1 aromatic heterocycles. The third kappa shape index (κ3) is 4.22. The van der Waals surface area contributed by atoms with Crippen LogP contribution in [0, 0.1) is 6.92 Å². The van der Waals surface area contributed by atoms with Crippen molar-refractivity contribution in [3.05, 3.63) is 34.6 Å². The van der Waals surface area contributed by atoms with E-state index in [1.54, 1.807) is 11.8 Å². The summed E-state index contributed by atoms with van der Waals surface area (Å²) in [6.45, 7) is 3.89. The van der Waals surface area contributed by atoms with Gasteiger partial charge in [0.25, 0.3) is 0 Å². The van der Waals surface area contributed by atoms with E-state index in [4.69, 9.17) is 10.5 Å². The monoisotopic (exact) mass is 356 g/mol. The third-order valence-corrected chi connectivity index (χ3v) is 4.11. The molecule has 5 nitrogen and oxygen atoms in total. The van der Waals surface area contributed by atoms with E-state index in [0.29, 0.717) is 13.2 Å². The number of ether oxygens (including phenoxy) is 1. The number of aryl methyl sites for hydroxylation is 1. The van der Waals surface area contributed by atoms with Crippen LogP contribution in [0.2, 0.25) is 0 Å². The highest BCUT2D eigenvalue weighted by Crippen LogP contribution is 2.18. The smallest absolute Gasteiger partial charge is 0.191 e. The zero-order valence-electron chi connectivity index (χ0n) is 11.3. The first-order chi connectivity index (χ1) is 9.70. The maximum absolute atomic E-state index is 5.67. The largest absolute Gasteiger partial charge is 0.493 e. The Morgan fingerprint density at radius 1 is 1.30 bits per heavy atom. The first kappa shape index (κ1) is 15.3. The van der Waals surface area contributed by atoms with Crippen molar-refractivity contribution in [1.82, 2.24) is 14.8 Å². The molecule has 0 aliphatic rings. The van der Waals surface area contributed by atoms with Crippen LogP contribution in [0.3, 0.4) is 0 Å². The molecule has 0 aliphatic carbocycles. The number of aromatic nitrogens is 3. The van der Waals surface area contributed by atoms with Gasteiger partial charge in [-0.3, -0.25) is 0 Å². The minimum absolute atomic E-state index is 0.585. The van der Waals surface area contributed by atoms with Gasteiger partial charge in [0.05, 0.1) is 6.61 Å². The highest BCUT2D eigenvalue weighted by Gasteiger charge is 2.08. The second-order valence-corrected chi connectivity index (χ2v) is 6.10. The van der Waals surface area contributed by atoms with Gasteiger partial charge in [-0.2, -0.15) is 0 Å². The summed E-state index contributed by atoms with van der Waals surface area (Å²) < 4.78 is 8.74. The van der Waals surface area contributed by atoms with Crippen LogP contribution in [0.25, 0.3) is 0 Å². The van der Waals surface area contributed by atoms with Crippen LogP contribution < -0.4 is 10.5 Å². The van der Waals surface area contributed by atoms with Gasteiger partial charge in [-0.15, -0.1) is 10.2 Å². The third-order valence-electron chi connectivity index (χ3n) is 2.65. The molecule has 0 aliphatic heterocycles. The van der Waals surface area contributed by atoms with E-state index in [-0.39, 0.29) is 0 Å². The van der Waals surface area contributed by atoms with Gasteiger partial charge in [0.1, 0.15) is 11.6 Å². The average Bonchev–Trinajstić information content (AvgIpc) is 2.79. The van der Waals surface area contributed by atoms with Gasteiger partial charge in [0.15, 0.2) is 5.16 Å². The lowest BCUT2D eigenvalue weighted by atomic mass is 10.3. The fraction of sp³-hybridized carbons (Fsp3) is 0.385. The lowest BCUT2D eigenvalue weighted by Gasteiger charge is -2.07. The van der Waals surface area contributed by atoms with Crippen molar-refractivity contribution in [1.29, 1.82) is 0 Å². The van der Waals surface area contributed by atoms with Gasteiger partial charge in [-0.1, -0.05) is 27.7 Å². The molecule has 0 saturated heterocycles. The zero-order chi connectivity index (χ0) is 14.4. The molecule has 0 unspecified atom stereocenters. The molecule has 0 fully saturated rings. The Balaban J connectivity index is 1.80. The maximum Gasteiger partial charge on any atom is 0.191 e. The van der Waals surface area contributed by atoms with Crippen LogP contribution in [0.15, 0.2) is 33.9 Å². The fourth-order valence-electron chi connectivity index (χ4n) is 1.68. The number of nitrogens with two attached hydrogens (primary N) is 1. The van der Waals surface area contributed by atoms with Gasteiger partial charge < -0.3 is 15.0 Å². The number of halogens is 1. The Morgan fingerprint density at radius 2 is 2.05 bits per heavy atom. The molecule has 0 spiro atoms. The topological polar surface area (TPSA) is 66.0 Å². The molecule has 2 rings (SSSR count). The molecule has 1 aromatic carbocycles. The Morgan fingerprint density at radius 3 is 2.75 bits per heavy atom. The summed E-state index contributed by atoms with van der Waals surface area (Å²) >= 11 is 5.02. The van der Waals surface area contributed by atoms with Crippen LogP contribution in [0.5, 0.6) is 5.75 Å². The minimum atomic E-state index is 0.585. The molecule has 0 bridgehead atoms. The number of rotatable bonds is 7. The highest BCUT2D eigenvalue weighted by molar-refractivity contribution is 9.10. The standard InChI is InChI=1S/C13H17BrN4OS/c1-10-16-17-13(18(10)7-6-15)20-9-8-19-12-4-2-11(14)3-5-12/h2-5H,6-9,15H2,1H3. The van der Waals surface area contributed by atoms with Crippen LogP contribution in [0.1, 0.15) is 5.82 Å². The second-order valence-electron chi connectivity index (χ2n) is 4.12. The molecule has 0 amide bonds. The van der Waals surface area contributed by atoms with E-state index >= 15 is 0 Å². The van der Waals surface area contributed by atoms with Gasteiger partial charge in [-0.25, -0.2) is 0 Å². The highest BCUT2D eigenvalue weighted by atomic mass is 79.9. The van der Waals surface area contributed by atoms with Crippen LogP contribution >= 0.6 is 27.7 Å². The summed E-state index contributed by atoms with van der Waals surface area (Å²) in [5, 5.41) is 9.12. The Hall–Kier alpha value is -1.05. The summed E-state index contributed by atoms with van der Waals surface area (Å²) in [5.41, 5.74) is 5.59. The normalized spacial score (nSPS) is 10.8. The quantitative estimate of drug-likeness (QED) is 0.609. The Bertz CT molecular complexity index is 544. The van der Waals surface area contributed by atoms with E-state index in [2.05, 4.69) is 26.1 Å². The predicted molar refractivity (Wildman–Crippen MR) is 84.2 cm³/mol. The molecule has 2 aromatic rings. The predicted octanol–water partition coefficient (Wildman–Crippen LogP) is 2.48. The summed E-state index contributed by atoms with van der Waals surface area (Å²) in [7, 11) is 0. The Labute approximate surface area is 131 Å². The summed E-state index contributed by atoms with van der Waals surface area (Å²) in [6.07, 6.45) is 0. The summed E-state index contributed by atoms with van der Waals surface area (Å²) in [6, 6.07) is 7.80. The number of hydrogen-bond acceptors (Lipinski definition) is 5. The second kappa shape index (κ2) is 7.66. The number of benzene rings is 1. The molecule has 7 heteroatoms. The van der Waals surface area contributed by atoms with E-state index in [9.17, 15) is 0 Å². The molecule has 20 heavy (non-hydrogen) atoms. The van der Waals surface area contributed by atoms with Gasteiger partial charge in [0.2, 0.25) is 0 Å². The lowest BCUT2D eigenvalue weighted by molar-refractivity contribution is 0.343. The van der Waals surface area contributed by atoms with E-state index in [0.717, 1.165) is 33.5 Å². The Kier molecular flexibility index (Phi) is 5.87. The summed E-state index contributed by atoms with van der Waals surface area (Å²) in [4.78, 5) is 0. The molecule has 1 heterocycles. The maximum atomic E-state index is 5.67. The first-order valence-electron chi connectivity index (χ1n) is 6.31. The first-order valence-corrected chi connectivity index (χ1v) is 8.09. The lowest BCUT2D eigenvalue weighted by Crippen LogP contribution is -2.12. The van der Waals surface area contributed by atoms with Crippen molar-refractivity contribution in [3.63, 3.8) is 0 Å².